The largest absolute Gasteiger partial charge is 0.330 e. The highest BCUT2D eigenvalue weighted by molar-refractivity contribution is 7.98. The van der Waals surface area contributed by atoms with Gasteiger partial charge in [0.05, 0.1) is 0 Å². The lowest BCUT2D eigenvalue weighted by Gasteiger charge is -2.00. The minimum absolute atomic E-state index is 0.782. The van der Waals surface area contributed by atoms with Crippen LogP contribution in [0.4, 0.5) is 0 Å². The molecule has 1 rings (SSSR count). The molecule has 0 bridgehead atoms. The van der Waals surface area contributed by atoms with Gasteiger partial charge in [-0.05, 0) is 43.3 Å². The van der Waals surface area contributed by atoms with Gasteiger partial charge in [0.2, 0.25) is 0 Å². The monoisotopic (exact) mass is 181 g/mol. The summed E-state index contributed by atoms with van der Waals surface area (Å²) in [6, 6.07) is 8.69. The van der Waals surface area contributed by atoms with Crippen LogP contribution in [-0.4, -0.2) is 12.8 Å². The summed E-state index contributed by atoms with van der Waals surface area (Å²) in [6.45, 7) is 0.782. The second kappa shape index (κ2) is 5.22. The molecule has 1 aromatic rings. The van der Waals surface area contributed by atoms with Crippen molar-refractivity contribution in [3.05, 3.63) is 29.8 Å². The van der Waals surface area contributed by atoms with Gasteiger partial charge < -0.3 is 5.73 Å². The molecule has 2 heteroatoms. The zero-order valence-corrected chi connectivity index (χ0v) is 8.23. The first kappa shape index (κ1) is 9.62. The zero-order chi connectivity index (χ0) is 8.81. The van der Waals surface area contributed by atoms with Gasteiger partial charge in [0.1, 0.15) is 0 Å². The van der Waals surface area contributed by atoms with E-state index in [9.17, 15) is 0 Å². The summed E-state index contributed by atoms with van der Waals surface area (Å²) in [5.41, 5.74) is 6.82. The molecule has 0 spiro atoms. The Kier molecular flexibility index (Phi) is 4.19. The standard InChI is InChI=1S/C10H15NS/c1-12-10-6-4-9(5-7-10)3-2-8-11/h4-7H,2-3,8,11H2,1H3. The molecular weight excluding hydrogens is 166 g/mol. The van der Waals surface area contributed by atoms with Gasteiger partial charge in [-0.3, -0.25) is 0 Å². The average molecular weight is 181 g/mol. The molecule has 0 fully saturated rings. The number of thioether (sulfide) groups is 1. The van der Waals surface area contributed by atoms with Crippen molar-refractivity contribution in [1.82, 2.24) is 0 Å². The van der Waals surface area contributed by atoms with E-state index in [4.69, 9.17) is 5.73 Å². The summed E-state index contributed by atoms with van der Waals surface area (Å²) in [5.74, 6) is 0. The van der Waals surface area contributed by atoms with Crippen molar-refractivity contribution >= 4 is 11.8 Å². The van der Waals surface area contributed by atoms with Gasteiger partial charge in [-0.2, -0.15) is 0 Å². The molecule has 0 heterocycles. The minimum Gasteiger partial charge on any atom is -0.330 e. The summed E-state index contributed by atoms with van der Waals surface area (Å²) >= 11 is 1.78. The van der Waals surface area contributed by atoms with Crippen LogP contribution >= 0.6 is 11.8 Å². The molecule has 12 heavy (non-hydrogen) atoms. The van der Waals surface area contributed by atoms with Crippen LogP contribution in [0.15, 0.2) is 29.2 Å². The van der Waals surface area contributed by atoms with Crippen LogP contribution in [0, 0.1) is 0 Å². The van der Waals surface area contributed by atoms with E-state index in [1.165, 1.54) is 10.5 Å². The maximum atomic E-state index is 5.43. The first-order valence-corrected chi connectivity index (χ1v) is 5.42. The molecule has 0 saturated heterocycles. The third kappa shape index (κ3) is 2.88. The lowest BCUT2D eigenvalue weighted by molar-refractivity contribution is 0.832. The Morgan fingerprint density at radius 3 is 2.42 bits per heavy atom. The predicted octanol–water partition coefficient (Wildman–Crippen LogP) is 2.30. The summed E-state index contributed by atoms with van der Waals surface area (Å²) in [7, 11) is 0. The molecule has 1 nitrogen and oxygen atoms in total. The molecule has 0 amide bonds. The molecule has 0 unspecified atom stereocenters. The Bertz CT molecular complexity index is 218. The van der Waals surface area contributed by atoms with Crippen molar-refractivity contribution in [2.24, 2.45) is 5.73 Å². The fourth-order valence-electron chi connectivity index (χ4n) is 1.10. The van der Waals surface area contributed by atoms with E-state index < -0.39 is 0 Å². The normalized spacial score (nSPS) is 10.2. The van der Waals surface area contributed by atoms with Gasteiger partial charge >= 0.3 is 0 Å². The molecule has 0 aliphatic heterocycles. The number of rotatable bonds is 4. The van der Waals surface area contributed by atoms with Crippen LogP contribution in [0.1, 0.15) is 12.0 Å². The molecule has 2 N–H and O–H groups in total. The Morgan fingerprint density at radius 1 is 1.25 bits per heavy atom. The Hall–Kier alpha value is -0.470. The fraction of sp³-hybridized carbons (Fsp3) is 0.400. The highest BCUT2D eigenvalue weighted by atomic mass is 32.2. The van der Waals surface area contributed by atoms with Crippen LogP contribution in [0.2, 0.25) is 0 Å². The van der Waals surface area contributed by atoms with Gasteiger partial charge in [0, 0.05) is 4.90 Å². The molecular formula is C10H15NS. The van der Waals surface area contributed by atoms with Crippen molar-refractivity contribution in [3.63, 3.8) is 0 Å². The summed E-state index contributed by atoms with van der Waals surface area (Å²) in [5, 5.41) is 0. The van der Waals surface area contributed by atoms with Gasteiger partial charge in [0.25, 0.3) is 0 Å². The molecule has 0 atom stereocenters. The van der Waals surface area contributed by atoms with Crippen molar-refractivity contribution in [3.8, 4) is 0 Å². The number of benzene rings is 1. The van der Waals surface area contributed by atoms with E-state index in [0.29, 0.717) is 0 Å². The van der Waals surface area contributed by atoms with Crippen molar-refractivity contribution in [2.45, 2.75) is 17.7 Å². The lowest BCUT2D eigenvalue weighted by Crippen LogP contribution is -1.99. The van der Waals surface area contributed by atoms with E-state index in [1.54, 1.807) is 11.8 Å². The van der Waals surface area contributed by atoms with E-state index in [0.717, 1.165) is 19.4 Å². The van der Waals surface area contributed by atoms with Crippen LogP contribution in [0.25, 0.3) is 0 Å². The highest BCUT2D eigenvalue weighted by Crippen LogP contribution is 2.15. The number of hydrogen-bond acceptors (Lipinski definition) is 2. The summed E-state index contributed by atoms with van der Waals surface area (Å²) in [4.78, 5) is 1.33. The average Bonchev–Trinajstić information content (AvgIpc) is 2.15. The van der Waals surface area contributed by atoms with E-state index in [-0.39, 0.29) is 0 Å². The van der Waals surface area contributed by atoms with Gasteiger partial charge in [0.15, 0.2) is 0 Å². The topological polar surface area (TPSA) is 26.0 Å². The third-order valence-corrected chi connectivity index (χ3v) is 2.57. The van der Waals surface area contributed by atoms with Crippen LogP contribution in [-0.2, 0) is 6.42 Å². The maximum absolute atomic E-state index is 5.43. The molecule has 0 aliphatic rings. The Morgan fingerprint density at radius 2 is 1.92 bits per heavy atom. The zero-order valence-electron chi connectivity index (χ0n) is 7.42. The predicted molar refractivity (Wildman–Crippen MR) is 55.6 cm³/mol. The second-order valence-electron chi connectivity index (χ2n) is 2.74. The van der Waals surface area contributed by atoms with E-state index in [1.807, 2.05) is 0 Å². The highest BCUT2D eigenvalue weighted by Gasteiger charge is 1.92. The molecule has 0 radical (unpaired) electrons. The van der Waals surface area contributed by atoms with Crippen molar-refractivity contribution in [1.29, 1.82) is 0 Å². The summed E-state index contributed by atoms with van der Waals surface area (Å²) in [6.07, 6.45) is 4.28. The molecule has 1 aromatic carbocycles. The van der Waals surface area contributed by atoms with Crippen molar-refractivity contribution < 1.29 is 0 Å². The number of aryl methyl sites for hydroxylation is 1. The lowest BCUT2D eigenvalue weighted by atomic mass is 10.1. The van der Waals surface area contributed by atoms with Crippen LogP contribution in [0.5, 0.6) is 0 Å². The van der Waals surface area contributed by atoms with E-state index >= 15 is 0 Å². The quantitative estimate of drug-likeness (QED) is 0.721. The smallest absolute Gasteiger partial charge is 0.00693 e. The van der Waals surface area contributed by atoms with E-state index in [2.05, 4.69) is 30.5 Å². The number of hydrogen-bond donors (Lipinski definition) is 1. The fourth-order valence-corrected chi connectivity index (χ4v) is 1.51. The molecule has 66 valence electrons. The SMILES string of the molecule is CSc1ccc(CCCN)cc1. The third-order valence-electron chi connectivity index (χ3n) is 1.83. The first-order chi connectivity index (χ1) is 5.86. The Labute approximate surface area is 78.4 Å². The molecule has 0 aliphatic carbocycles. The minimum atomic E-state index is 0.782. The maximum Gasteiger partial charge on any atom is 0.00693 e. The molecule has 0 aromatic heterocycles. The van der Waals surface area contributed by atoms with Gasteiger partial charge in [-0.15, -0.1) is 11.8 Å². The summed E-state index contributed by atoms with van der Waals surface area (Å²) < 4.78 is 0. The first-order valence-electron chi connectivity index (χ1n) is 4.20. The van der Waals surface area contributed by atoms with Gasteiger partial charge in [-0.1, -0.05) is 12.1 Å². The van der Waals surface area contributed by atoms with Crippen molar-refractivity contribution in [2.75, 3.05) is 12.8 Å². The second-order valence-corrected chi connectivity index (χ2v) is 3.62. The Balaban J connectivity index is 2.53. The molecule has 0 saturated carbocycles. The van der Waals surface area contributed by atoms with Crippen LogP contribution < -0.4 is 5.73 Å². The number of nitrogens with two attached hydrogens (primary N) is 1. The van der Waals surface area contributed by atoms with Gasteiger partial charge in [-0.25, -0.2) is 0 Å². The van der Waals surface area contributed by atoms with Crippen LogP contribution in [0.3, 0.4) is 0 Å².